The van der Waals surface area contributed by atoms with Crippen molar-refractivity contribution in [3.8, 4) is 22.8 Å². The number of rotatable bonds is 8. The number of ether oxygens (including phenoxy) is 1. The van der Waals surface area contributed by atoms with Gasteiger partial charge in [-0.15, -0.1) is 10.2 Å². The number of nitrogens with zero attached hydrogens (tertiary/aromatic N) is 4. The molecule has 3 amide bonds. The number of nitrogens with one attached hydrogen (secondary N) is 1. The maximum atomic E-state index is 11.7. The lowest BCUT2D eigenvalue weighted by Crippen LogP contribution is -2.32. The van der Waals surface area contributed by atoms with Crippen LogP contribution in [0.15, 0.2) is 53.7 Å². The van der Waals surface area contributed by atoms with Gasteiger partial charge in [-0.2, -0.15) is 0 Å². The van der Waals surface area contributed by atoms with Crippen molar-refractivity contribution in [2.75, 3.05) is 26.0 Å². The monoisotopic (exact) mass is 437 g/mol. The number of para-hydroxylation sites is 1. The van der Waals surface area contributed by atoms with Crippen LogP contribution in [0.4, 0.5) is 4.79 Å². The summed E-state index contributed by atoms with van der Waals surface area (Å²) in [5, 5.41) is 12.2. The van der Waals surface area contributed by atoms with Crippen LogP contribution in [-0.2, 0) is 4.79 Å². The van der Waals surface area contributed by atoms with Crippen LogP contribution >= 0.6 is 11.8 Å². The van der Waals surface area contributed by atoms with Gasteiger partial charge < -0.3 is 10.1 Å². The van der Waals surface area contributed by atoms with Crippen molar-refractivity contribution in [2.24, 2.45) is 0 Å². The smallest absolute Gasteiger partial charge is 0.324 e. The second kappa shape index (κ2) is 9.22. The minimum atomic E-state index is -0.323. The molecule has 4 rings (SSSR count). The molecule has 2 aromatic carbocycles. The van der Waals surface area contributed by atoms with E-state index in [0.717, 1.165) is 22.2 Å². The van der Waals surface area contributed by atoms with Crippen molar-refractivity contribution in [1.82, 2.24) is 25.0 Å². The van der Waals surface area contributed by atoms with Crippen molar-refractivity contribution in [2.45, 2.75) is 18.5 Å². The second-order valence-corrected chi connectivity index (χ2v) is 8.15. The summed E-state index contributed by atoms with van der Waals surface area (Å²) >= 11 is 1.54. The highest BCUT2D eigenvalue weighted by molar-refractivity contribution is 7.99. The zero-order valence-corrected chi connectivity index (χ0v) is 18.2. The minimum Gasteiger partial charge on any atom is -0.496 e. The highest BCUT2D eigenvalue weighted by Gasteiger charge is 2.27. The zero-order chi connectivity index (χ0) is 21.8. The fraction of sp³-hybridized carbons (Fsp3) is 0.273. The standard InChI is InChI=1S/C22H23N5O3S/c1-15-8-10-16(11-9-15)27-20(17-6-3-4-7-18(17)30-2)24-25-22(27)31-13-5-12-26-19(28)14-23-21(26)29/h3-4,6-11H,5,12-14H2,1-2H3,(H,23,29). The fourth-order valence-corrected chi connectivity index (χ4v) is 4.24. The molecule has 1 saturated heterocycles. The first kappa shape index (κ1) is 20.9. The van der Waals surface area contributed by atoms with E-state index in [0.29, 0.717) is 24.5 Å². The number of hydrogen-bond acceptors (Lipinski definition) is 6. The van der Waals surface area contributed by atoms with Gasteiger partial charge in [-0.3, -0.25) is 14.3 Å². The Bertz CT molecular complexity index is 1080. The molecule has 0 radical (unpaired) electrons. The number of carbonyl (C=O) groups is 2. The quantitative estimate of drug-likeness (QED) is 0.330. The molecule has 0 spiro atoms. The highest BCUT2D eigenvalue weighted by atomic mass is 32.2. The largest absolute Gasteiger partial charge is 0.496 e. The molecule has 8 nitrogen and oxygen atoms in total. The summed E-state index contributed by atoms with van der Waals surface area (Å²) < 4.78 is 7.54. The van der Waals surface area contributed by atoms with Gasteiger partial charge in [0.1, 0.15) is 5.75 Å². The number of urea groups is 1. The Morgan fingerprint density at radius 3 is 2.58 bits per heavy atom. The van der Waals surface area contributed by atoms with Crippen molar-refractivity contribution >= 4 is 23.7 Å². The Morgan fingerprint density at radius 1 is 1.10 bits per heavy atom. The number of benzene rings is 2. The summed E-state index contributed by atoms with van der Waals surface area (Å²) in [6, 6.07) is 15.6. The van der Waals surface area contributed by atoms with E-state index < -0.39 is 0 Å². The van der Waals surface area contributed by atoms with E-state index in [-0.39, 0.29) is 18.5 Å². The van der Waals surface area contributed by atoms with Gasteiger partial charge in [-0.1, -0.05) is 41.6 Å². The van der Waals surface area contributed by atoms with Gasteiger partial charge in [0.2, 0.25) is 5.91 Å². The maximum Gasteiger partial charge on any atom is 0.324 e. The molecule has 1 aliphatic heterocycles. The maximum absolute atomic E-state index is 11.7. The van der Waals surface area contributed by atoms with Gasteiger partial charge in [-0.25, -0.2) is 4.79 Å². The van der Waals surface area contributed by atoms with Crippen LogP contribution in [0.3, 0.4) is 0 Å². The van der Waals surface area contributed by atoms with Crippen LogP contribution in [0.5, 0.6) is 5.75 Å². The first-order valence-electron chi connectivity index (χ1n) is 9.95. The van der Waals surface area contributed by atoms with E-state index in [2.05, 4.69) is 15.5 Å². The predicted molar refractivity (Wildman–Crippen MR) is 119 cm³/mol. The molecule has 1 fully saturated rings. The molecule has 1 aliphatic rings. The van der Waals surface area contributed by atoms with Crippen LogP contribution in [0, 0.1) is 6.92 Å². The molecule has 3 aromatic rings. The predicted octanol–water partition coefficient (Wildman–Crippen LogP) is 3.29. The molecule has 0 bridgehead atoms. The lowest BCUT2D eigenvalue weighted by molar-refractivity contribution is -0.124. The molecule has 1 N–H and O–H groups in total. The summed E-state index contributed by atoms with van der Waals surface area (Å²) in [4.78, 5) is 24.7. The average Bonchev–Trinajstić information content (AvgIpc) is 3.35. The lowest BCUT2D eigenvalue weighted by atomic mass is 10.1. The molecule has 0 atom stereocenters. The van der Waals surface area contributed by atoms with Crippen LogP contribution in [0.1, 0.15) is 12.0 Å². The van der Waals surface area contributed by atoms with E-state index >= 15 is 0 Å². The third-order valence-corrected chi connectivity index (χ3v) is 5.98. The van der Waals surface area contributed by atoms with Gasteiger partial charge >= 0.3 is 6.03 Å². The van der Waals surface area contributed by atoms with E-state index in [4.69, 9.17) is 4.74 Å². The van der Waals surface area contributed by atoms with Gasteiger partial charge in [0, 0.05) is 18.0 Å². The highest BCUT2D eigenvalue weighted by Crippen LogP contribution is 2.33. The summed E-state index contributed by atoms with van der Waals surface area (Å²) in [5.74, 6) is 1.92. The van der Waals surface area contributed by atoms with Gasteiger partial charge in [0.25, 0.3) is 0 Å². The normalized spacial score (nSPS) is 13.5. The van der Waals surface area contributed by atoms with Gasteiger partial charge in [0.05, 0.1) is 19.2 Å². The van der Waals surface area contributed by atoms with Crippen LogP contribution in [0.25, 0.3) is 17.1 Å². The minimum absolute atomic E-state index is 0.0794. The second-order valence-electron chi connectivity index (χ2n) is 7.08. The Hall–Kier alpha value is -3.33. The number of aryl methyl sites for hydroxylation is 1. The Morgan fingerprint density at radius 2 is 1.87 bits per heavy atom. The lowest BCUT2D eigenvalue weighted by Gasteiger charge is -2.13. The number of carbonyl (C=O) groups excluding carboxylic acids is 2. The van der Waals surface area contributed by atoms with E-state index in [1.54, 1.807) is 7.11 Å². The first-order valence-corrected chi connectivity index (χ1v) is 10.9. The van der Waals surface area contributed by atoms with Crippen molar-refractivity contribution < 1.29 is 14.3 Å². The van der Waals surface area contributed by atoms with Gasteiger partial charge in [-0.05, 0) is 37.6 Å². The number of methoxy groups -OCH3 is 1. The average molecular weight is 438 g/mol. The summed E-state index contributed by atoms with van der Waals surface area (Å²) in [7, 11) is 1.64. The van der Waals surface area contributed by atoms with Crippen molar-refractivity contribution in [3.05, 3.63) is 54.1 Å². The molecular formula is C22H23N5O3S. The summed E-state index contributed by atoms with van der Waals surface area (Å²) in [5.41, 5.74) is 2.97. The summed E-state index contributed by atoms with van der Waals surface area (Å²) in [6.45, 7) is 2.51. The molecule has 160 valence electrons. The third kappa shape index (κ3) is 4.41. The third-order valence-electron chi connectivity index (χ3n) is 4.97. The topological polar surface area (TPSA) is 89.4 Å². The fourth-order valence-electron chi connectivity index (χ4n) is 3.36. The number of hydrogen-bond donors (Lipinski definition) is 1. The Labute approximate surface area is 184 Å². The van der Waals surface area contributed by atoms with E-state index in [1.807, 2.05) is 60.0 Å². The van der Waals surface area contributed by atoms with Gasteiger partial charge in [0.15, 0.2) is 11.0 Å². The number of aromatic nitrogens is 3. The SMILES string of the molecule is COc1ccccc1-c1nnc(SCCCN2C(=O)CNC2=O)n1-c1ccc(C)cc1. The van der Waals surface area contributed by atoms with Crippen LogP contribution in [-0.4, -0.2) is 57.6 Å². The molecule has 0 unspecified atom stereocenters. The molecular weight excluding hydrogens is 414 g/mol. The zero-order valence-electron chi connectivity index (χ0n) is 17.4. The number of imide groups is 1. The van der Waals surface area contributed by atoms with Crippen LogP contribution in [0.2, 0.25) is 0 Å². The van der Waals surface area contributed by atoms with E-state index in [1.165, 1.54) is 22.2 Å². The Kier molecular flexibility index (Phi) is 6.22. The van der Waals surface area contributed by atoms with E-state index in [9.17, 15) is 9.59 Å². The molecule has 9 heteroatoms. The molecule has 1 aromatic heterocycles. The van der Waals surface area contributed by atoms with Crippen molar-refractivity contribution in [1.29, 1.82) is 0 Å². The molecule has 0 aliphatic carbocycles. The number of amides is 3. The van der Waals surface area contributed by atoms with Crippen molar-refractivity contribution in [3.63, 3.8) is 0 Å². The summed E-state index contributed by atoms with van der Waals surface area (Å²) in [6.07, 6.45) is 0.661. The molecule has 31 heavy (non-hydrogen) atoms. The molecule has 0 saturated carbocycles. The Balaban J connectivity index is 1.59. The molecule has 2 heterocycles. The van der Waals surface area contributed by atoms with Crippen LogP contribution < -0.4 is 10.1 Å². The first-order chi connectivity index (χ1) is 15.1. The number of thioether (sulfide) groups is 1.